The van der Waals surface area contributed by atoms with Crippen molar-refractivity contribution >= 4 is 22.8 Å². The number of fused-ring (bicyclic) bond motifs is 1. The molecule has 1 saturated carbocycles. The number of ketones is 1. The van der Waals surface area contributed by atoms with Gasteiger partial charge in [0.1, 0.15) is 16.5 Å². The molecule has 0 amide bonds. The minimum absolute atomic E-state index is 0.179. The van der Waals surface area contributed by atoms with Crippen molar-refractivity contribution in [3.63, 3.8) is 0 Å². The Morgan fingerprint density at radius 3 is 2.67 bits per heavy atom. The number of allylic oxidation sites excluding steroid dienone is 1. The van der Waals surface area contributed by atoms with Crippen LogP contribution in [-0.2, 0) is 24.1 Å². The van der Waals surface area contributed by atoms with Crippen LogP contribution in [0.1, 0.15) is 34.4 Å². The number of aromatic nitrogens is 1. The van der Waals surface area contributed by atoms with Crippen molar-refractivity contribution in [1.82, 2.24) is 4.98 Å². The van der Waals surface area contributed by atoms with Gasteiger partial charge in [-0.25, -0.2) is 4.98 Å². The number of aryl methyl sites for hydroxylation is 1. The molecule has 33 heavy (non-hydrogen) atoms. The highest BCUT2D eigenvalue weighted by molar-refractivity contribution is 7.12. The Kier molecular flexibility index (Phi) is 5.83. The van der Waals surface area contributed by atoms with Crippen LogP contribution >= 0.6 is 11.3 Å². The van der Waals surface area contributed by atoms with Gasteiger partial charge in [-0.05, 0) is 61.1 Å². The van der Waals surface area contributed by atoms with E-state index < -0.39 is 0 Å². The number of hydrogen-bond donors (Lipinski definition) is 0. The molecule has 2 atom stereocenters. The van der Waals surface area contributed by atoms with Crippen LogP contribution < -0.4 is 9.64 Å². The molecule has 2 unspecified atom stereocenters. The highest BCUT2D eigenvalue weighted by atomic mass is 32.1. The molecular formula is C28H30N2O2S. The summed E-state index contributed by atoms with van der Waals surface area (Å²) in [5.41, 5.74) is 7.08. The van der Waals surface area contributed by atoms with E-state index in [1.54, 1.807) is 18.4 Å². The predicted octanol–water partition coefficient (Wildman–Crippen LogP) is 6.01. The molecule has 0 N–H and O–H groups in total. The number of ether oxygens (including phenoxy) is 1. The van der Waals surface area contributed by atoms with Crippen LogP contribution in [0.15, 0.2) is 54.7 Å². The number of carbonyl (C=O) groups excluding carboxylic acids is 1. The molecule has 1 aliphatic heterocycles. The van der Waals surface area contributed by atoms with Crippen LogP contribution in [0, 0.1) is 18.8 Å². The zero-order chi connectivity index (χ0) is 23.1. The number of benzene rings is 2. The Balaban J connectivity index is 1.28. The third-order valence-electron chi connectivity index (χ3n) is 6.88. The van der Waals surface area contributed by atoms with E-state index in [2.05, 4.69) is 43.5 Å². The average Bonchev–Trinajstić information content (AvgIpc) is 3.22. The number of rotatable bonds is 8. The van der Waals surface area contributed by atoms with Gasteiger partial charge in [0.15, 0.2) is 0 Å². The van der Waals surface area contributed by atoms with Gasteiger partial charge in [0, 0.05) is 40.7 Å². The third kappa shape index (κ3) is 4.47. The van der Waals surface area contributed by atoms with E-state index in [1.807, 2.05) is 24.3 Å². The molecular weight excluding hydrogens is 428 g/mol. The van der Waals surface area contributed by atoms with E-state index >= 15 is 0 Å². The number of carbonyl (C=O) groups is 1. The molecule has 0 bridgehead atoms. The van der Waals surface area contributed by atoms with Crippen molar-refractivity contribution in [3.05, 3.63) is 75.8 Å². The maximum Gasteiger partial charge on any atom is 0.144 e. The molecule has 0 radical (unpaired) electrons. The molecule has 4 nitrogen and oxygen atoms in total. The average molecular weight is 459 g/mol. The summed E-state index contributed by atoms with van der Waals surface area (Å²) in [7, 11) is 1.64. The summed E-state index contributed by atoms with van der Waals surface area (Å²) in [6, 6.07) is 14.4. The van der Waals surface area contributed by atoms with Gasteiger partial charge in [0.2, 0.25) is 0 Å². The fourth-order valence-electron chi connectivity index (χ4n) is 4.83. The van der Waals surface area contributed by atoms with E-state index in [4.69, 9.17) is 9.72 Å². The molecule has 3 aromatic rings. The first kappa shape index (κ1) is 21.9. The topological polar surface area (TPSA) is 42.4 Å². The Bertz CT molecular complexity index is 1210. The summed E-state index contributed by atoms with van der Waals surface area (Å²) in [6.45, 7) is 9.81. The zero-order valence-electron chi connectivity index (χ0n) is 19.6. The molecule has 5 heteroatoms. The van der Waals surface area contributed by atoms with Crippen LogP contribution in [0.2, 0.25) is 0 Å². The number of hydrogen-bond acceptors (Lipinski definition) is 5. The standard InChI is InChI=1S/C28H30N2O2S/c1-17-13-25(17)18(2)30-12-11-21-15-22(7-10-26(21)30)28-19(3)33-27(29-28)16-23(31)14-20-5-8-24(32-4)9-6-20/h5-10,15,17,25H,2,11-14,16H2,1,3-4H3. The highest BCUT2D eigenvalue weighted by Gasteiger charge is 2.38. The quantitative estimate of drug-likeness (QED) is 0.414. The lowest BCUT2D eigenvalue weighted by atomic mass is 10.0. The van der Waals surface area contributed by atoms with Gasteiger partial charge in [-0.1, -0.05) is 31.7 Å². The maximum atomic E-state index is 12.7. The number of thiazole rings is 1. The van der Waals surface area contributed by atoms with E-state index in [1.165, 1.54) is 23.4 Å². The lowest BCUT2D eigenvalue weighted by Crippen LogP contribution is -2.20. The van der Waals surface area contributed by atoms with Gasteiger partial charge < -0.3 is 9.64 Å². The fraction of sp³-hybridized carbons (Fsp3) is 0.357. The minimum atomic E-state index is 0.179. The van der Waals surface area contributed by atoms with Gasteiger partial charge in [-0.2, -0.15) is 0 Å². The van der Waals surface area contributed by atoms with Crippen LogP contribution in [0.25, 0.3) is 11.3 Å². The van der Waals surface area contributed by atoms with Crippen LogP contribution in [0.4, 0.5) is 5.69 Å². The number of nitrogens with zero attached hydrogens (tertiary/aromatic N) is 2. The van der Waals surface area contributed by atoms with E-state index in [0.29, 0.717) is 18.8 Å². The summed E-state index contributed by atoms with van der Waals surface area (Å²) in [5.74, 6) is 2.40. The number of Topliss-reactive ketones (excluding diaryl/α,β-unsaturated/α-hetero) is 1. The summed E-state index contributed by atoms with van der Waals surface area (Å²) < 4.78 is 5.19. The first-order valence-corrected chi connectivity index (χ1v) is 12.4. The summed E-state index contributed by atoms with van der Waals surface area (Å²) in [4.78, 5) is 21.1. The van der Waals surface area contributed by atoms with Crippen molar-refractivity contribution in [1.29, 1.82) is 0 Å². The Morgan fingerprint density at radius 1 is 1.21 bits per heavy atom. The van der Waals surface area contributed by atoms with Crippen LogP contribution in [-0.4, -0.2) is 24.4 Å². The predicted molar refractivity (Wildman–Crippen MR) is 135 cm³/mol. The van der Waals surface area contributed by atoms with E-state index in [0.717, 1.165) is 51.3 Å². The monoisotopic (exact) mass is 458 g/mol. The van der Waals surface area contributed by atoms with Crippen molar-refractivity contribution in [2.45, 2.75) is 39.5 Å². The lowest BCUT2D eigenvalue weighted by Gasteiger charge is -2.22. The third-order valence-corrected chi connectivity index (χ3v) is 7.85. The first-order valence-electron chi connectivity index (χ1n) is 11.6. The maximum absolute atomic E-state index is 12.7. The number of methoxy groups -OCH3 is 1. The van der Waals surface area contributed by atoms with Gasteiger partial charge in [-0.3, -0.25) is 4.79 Å². The molecule has 170 valence electrons. The Hall–Kier alpha value is -2.92. The summed E-state index contributed by atoms with van der Waals surface area (Å²) >= 11 is 1.63. The normalized spacial score (nSPS) is 18.8. The molecule has 1 fully saturated rings. The van der Waals surface area contributed by atoms with Crippen molar-refractivity contribution in [3.8, 4) is 17.0 Å². The first-order chi connectivity index (χ1) is 15.9. The van der Waals surface area contributed by atoms with Gasteiger partial charge in [0.05, 0.1) is 19.2 Å². The highest BCUT2D eigenvalue weighted by Crippen LogP contribution is 2.47. The molecule has 0 spiro atoms. The van der Waals surface area contributed by atoms with Gasteiger partial charge in [0.25, 0.3) is 0 Å². The van der Waals surface area contributed by atoms with Crippen LogP contribution in [0.3, 0.4) is 0 Å². The fourth-order valence-corrected chi connectivity index (χ4v) is 5.81. The molecule has 0 saturated heterocycles. The Labute approximate surface area is 199 Å². The van der Waals surface area contributed by atoms with Crippen molar-refractivity contribution in [2.24, 2.45) is 11.8 Å². The van der Waals surface area contributed by atoms with Crippen LogP contribution in [0.5, 0.6) is 5.75 Å². The zero-order valence-corrected chi connectivity index (χ0v) is 20.4. The second kappa shape index (κ2) is 8.79. The number of anilines is 1. The largest absolute Gasteiger partial charge is 0.497 e. The molecule has 5 rings (SSSR count). The summed E-state index contributed by atoms with van der Waals surface area (Å²) in [6.07, 6.45) is 3.09. The minimum Gasteiger partial charge on any atom is -0.497 e. The molecule has 2 aromatic carbocycles. The van der Waals surface area contributed by atoms with Crippen molar-refractivity contribution < 1.29 is 9.53 Å². The molecule has 2 heterocycles. The summed E-state index contributed by atoms with van der Waals surface area (Å²) in [5, 5.41) is 0.888. The Morgan fingerprint density at radius 2 is 1.97 bits per heavy atom. The van der Waals surface area contributed by atoms with Gasteiger partial charge in [-0.15, -0.1) is 11.3 Å². The van der Waals surface area contributed by atoms with E-state index in [9.17, 15) is 4.79 Å². The smallest absolute Gasteiger partial charge is 0.144 e. The SMILES string of the molecule is C=C(C1CC1C)N1CCc2cc(-c3nc(CC(=O)Cc4ccc(OC)cc4)sc3C)ccc21. The van der Waals surface area contributed by atoms with Gasteiger partial charge >= 0.3 is 0 Å². The molecule has 1 aromatic heterocycles. The second-order valence-electron chi connectivity index (χ2n) is 9.31. The second-order valence-corrected chi connectivity index (χ2v) is 10.6. The molecule has 2 aliphatic rings. The molecule has 1 aliphatic carbocycles. The van der Waals surface area contributed by atoms with Crippen molar-refractivity contribution in [2.75, 3.05) is 18.6 Å². The lowest BCUT2D eigenvalue weighted by molar-refractivity contribution is -0.117. The van der Waals surface area contributed by atoms with E-state index in [-0.39, 0.29) is 5.78 Å².